The van der Waals surface area contributed by atoms with Crippen molar-refractivity contribution in [2.75, 3.05) is 6.61 Å². The zero-order valence-electron chi connectivity index (χ0n) is 21.7. The second-order valence-corrected chi connectivity index (χ2v) is 9.24. The van der Waals surface area contributed by atoms with Gasteiger partial charge in [-0.25, -0.2) is 4.79 Å². The maximum absolute atomic E-state index is 12.8. The lowest BCUT2D eigenvalue weighted by Crippen LogP contribution is -2.39. The van der Waals surface area contributed by atoms with E-state index < -0.39 is 11.6 Å². The average molecular weight is 502 g/mol. The topological polar surface area (TPSA) is 95.6 Å². The smallest absolute Gasteiger partial charge is 0.349 e. The summed E-state index contributed by atoms with van der Waals surface area (Å²) in [6.45, 7) is 7.62. The molecule has 2 heterocycles. The van der Waals surface area contributed by atoms with Gasteiger partial charge in [0.05, 0.1) is 24.8 Å². The molecular weight excluding hydrogens is 470 g/mol. The second-order valence-electron chi connectivity index (χ2n) is 9.24. The van der Waals surface area contributed by atoms with Gasteiger partial charge in [-0.1, -0.05) is 36.4 Å². The predicted molar refractivity (Wildman–Crippen MR) is 140 cm³/mol. The molecule has 0 unspecified atom stereocenters. The lowest BCUT2D eigenvalue weighted by Gasteiger charge is -2.25. The molecule has 0 fully saturated rings. The third kappa shape index (κ3) is 5.91. The molecule has 1 N–H and O–H groups in total. The number of carbonyl (C=O) groups is 2. The van der Waals surface area contributed by atoms with Gasteiger partial charge in [0.25, 0.3) is 5.91 Å². The first-order chi connectivity index (χ1) is 17.7. The van der Waals surface area contributed by atoms with Crippen molar-refractivity contribution in [3.8, 4) is 28.1 Å². The second kappa shape index (κ2) is 10.7. The standard InChI is InChI=1S/C29H31N3O5/c1-6-36-28(34)29(3,4)37-26-12-7-20(15-19(26)2)17-30-27(33)24-16-25(32(5)31-24)22-10-8-21(9-11-22)23-13-14-35-18-23/h7-16,18H,6,17H2,1-5H3,(H,30,33). The number of hydrogen-bond donors (Lipinski definition) is 1. The Balaban J connectivity index is 1.39. The van der Waals surface area contributed by atoms with Crippen LogP contribution in [0.3, 0.4) is 0 Å². The number of esters is 1. The number of furan rings is 1. The number of carbonyl (C=O) groups excluding carboxylic acids is 2. The number of amides is 1. The van der Waals surface area contributed by atoms with Crippen molar-refractivity contribution in [3.63, 3.8) is 0 Å². The van der Waals surface area contributed by atoms with Gasteiger partial charge in [-0.2, -0.15) is 5.10 Å². The minimum absolute atomic E-state index is 0.265. The van der Waals surface area contributed by atoms with Crippen LogP contribution < -0.4 is 10.1 Å². The average Bonchev–Trinajstić information content (AvgIpc) is 3.54. The summed E-state index contributed by atoms with van der Waals surface area (Å²) in [6, 6.07) is 17.3. The molecule has 0 saturated carbocycles. The molecule has 2 aromatic heterocycles. The van der Waals surface area contributed by atoms with E-state index >= 15 is 0 Å². The fraction of sp³-hybridized carbons (Fsp3) is 0.276. The van der Waals surface area contributed by atoms with Crippen molar-refractivity contribution in [2.45, 2.75) is 39.8 Å². The van der Waals surface area contributed by atoms with Crippen LogP contribution in [0.5, 0.6) is 5.75 Å². The molecule has 4 aromatic rings. The Morgan fingerprint density at radius 2 is 1.76 bits per heavy atom. The third-order valence-corrected chi connectivity index (χ3v) is 5.97. The van der Waals surface area contributed by atoms with Gasteiger partial charge in [0.1, 0.15) is 5.75 Å². The third-order valence-electron chi connectivity index (χ3n) is 5.97. The van der Waals surface area contributed by atoms with Crippen LogP contribution in [0.1, 0.15) is 42.4 Å². The van der Waals surface area contributed by atoms with Gasteiger partial charge in [-0.05, 0) is 68.1 Å². The highest BCUT2D eigenvalue weighted by atomic mass is 16.6. The highest BCUT2D eigenvalue weighted by Crippen LogP contribution is 2.26. The Hall–Kier alpha value is -4.33. The number of aryl methyl sites for hydroxylation is 2. The molecule has 37 heavy (non-hydrogen) atoms. The van der Waals surface area contributed by atoms with Crippen molar-refractivity contribution in [3.05, 3.63) is 83.9 Å². The number of benzene rings is 2. The van der Waals surface area contributed by atoms with E-state index in [0.717, 1.165) is 33.5 Å². The molecule has 0 radical (unpaired) electrons. The molecule has 0 saturated heterocycles. The largest absolute Gasteiger partial charge is 0.476 e. The molecular formula is C29H31N3O5. The van der Waals surface area contributed by atoms with Crippen LogP contribution in [0.25, 0.3) is 22.4 Å². The lowest BCUT2D eigenvalue weighted by atomic mass is 10.0. The number of hydrogen-bond acceptors (Lipinski definition) is 6. The van der Waals surface area contributed by atoms with E-state index in [2.05, 4.69) is 10.4 Å². The van der Waals surface area contributed by atoms with Crippen molar-refractivity contribution in [1.82, 2.24) is 15.1 Å². The van der Waals surface area contributed by atoms with E-state index in [1.807, 2.05) is 56.4 Å². The predicted octanol–water partition coefficient (Wildman–Crippen LogP) is 5.31. The maximum Gasteiger partial charge on any atom is 0.349 e. The number of nitrogens with one attached hydrogen (secondary N) is 1. The van der Waals surface area contributed by atoms with Gasteiger partial charge >= 0.3 is 5.97 Å². The minimum atomic E-state index is -1.10. The summed E-state index contributed by atoms with van der Waals surface area (Å²) in [7, 11) is 1.82. The van der Waals surface area contributed by atoms with E-state index in [4.69, 9.17) is 13.9 Å². The monoisotopic (exact) mass is 501 g/mol. The van der Waals surface area contributed by atoms with Crippen LogP contribution in [0.2, 0.25) is 0 Å². The quantitative estimate of drug-likeness (QED) is 0.313. The Bertz CT molecular complexity index is 1390. The van der Waals surface area contributed by atoms with Crippen LogP contribution in [0.15, 0.2) is 71.5 Å². The molecule has 0 aliphatic heterocycles. The van der Waals surface area contributed by atoms with Crippen molar-refractivity contribution in [2.24, 2.45) is 7.05 Å². The molecule has 0 aliphatic rings. The van der Waals surface area contributed by atoms with Gasteiger partial charge in [0.2, 0.25) is 0 Å². The molecule has 0 spiro atoms. The summed E-state index contributed by atoms with van der Waals surface area (Å²) in [5, 5.41) is 7.33. The number of rotatable bonds is 9. The zero-order valence-corrected chi connectivity index (χ0v) is 21.7. The Kier molecular flexibility index (Phi) is 7.47. The first kappa shape index (κ1) is 25.8. The lowest BCUT2D eigenvalue weighted by molar-refractivity contribution is -0.158. The maximum atomic E-state index is 12.8. The van der Waals surface area contributed by atoms with Crippen molar-refractivity contribution >= 4 is 11.9 Å². The first-order valence-electron chi connectivity index (χ1n) is 12.1. The summed E-state index contributed by atoms with van der Waals surface area (Å²) in [4.78, 5) is 25.0. The van der Waals surface area contributed by atoms with E-state index in [-0.39, 0.29) is 5.91 Å². The Morgan fingerprint density at radius 3 is 2.41 bits per heavy atom. The molecule has 0 bridgehead atoms. The summed E-state index contributed by atoms with van der Waals surface area (Å²) in [6.07, 6.45) is 3.35. The zero-order chi connectivity index (χ0) is 26.6. The highest BCUT2D eigenvalue weighted by molar-refractivity contribution is 5.93. The van der Waals surface area contributed by atoms with E-state index in [9.17, 15) is 9.59 Å². The fourth-order valence-electron chi connectivity index (χ4n) is 3.94. The number of nitrogens with zero attached hydrogens (tertiary/aromatic N) is 2. The summed E-state index contributed by atoms with van der Waals surface area (Å²) in [5.74, 6) is -0.103. The first-order valence-corrected chi connectivity index (χ1v) is 12.1. The normalized spacial score (nSPS) is 11.3. The van der Waals surface area contributed by atoms with Crippen LogP contribution in [-0.4, -0.2) is 33.9 Å². The SMILES string of the molecule is CCOC(=O)C(C)(C)Oc1ccc(CNC(=O)c2cc(-c3ccc(-c4ccoc4)cc3)n(C)n2)cc1C. The molecule has 0 aliphatic carbocycles. The highest BCUT2D eigenvalue weighted by Gasteiger charge is 2.32. The van der Waals surface area contributed by atoms with Gasteiger partial charge in [0, 0.05) is 19.2 Å². The van der Waals surface area contributed by atoms with E-state index in [1.165, 1.54) is 0 Å². The van der Waals surface area contributed by atoms with Crippen molar-refractivity contribution in [1.29, 1.82) is 0 Å². The van der Waals surface area contributed by atoms with Crippen LogP contribution in [0, 0.1) is 6.92 Å². The molecule has 192 valence electrons. The van der Waals surface area contributed by atoms with E-state index in [0.29, 0.717) is 24.6 Å². The molecule has 8 nitrogen and oxygen atoms in total. The van der Waals surface area contributed by atoms with Crippen LogP contribution >= 0.6 is 0 Å². The number of aromatic nitrogens is 2. The molecule has 4 rings (SSSR count). The van der Waals surface area contributed by atoms with Gasteiger partial charge in [-0.15, -0.1) is 0 Å². The Morgan fingerprint density at radius 1 is 1.03 bits per heavy atom. The van der Waals surface area contributed by atoms with Gasteiger partial charge in [0.15, 0.2) is 11.3 Å². The Labute approximate surface area is 216 Å². The van der Waals surface area contributed by atoms with Crippen molar-refractivity contribution < 1.29 is 23.5 Å². The summed E-state index contributed by atoms with van der Waals surface area (Å²) in [5.41, 5.74) is 4.84. The summed E-state index contributed by atoms with van der Waals surface area (Å²) < 4.78 is 17.8. The van der Waals surface area contributed by atoms with Crippen LogP contribution in [0.4, 0.5) is 0 Å². The minimum Gasteiger partial charge on any atom is -0.476 e. The van der Waals surface area contributed by atoms with E-state index in [1.54, 1.807) is 50.1 Å². The van der Waals surface area contributed by atoms with Gasteiger partial charge < -0.3 is 19.2 Å². The number of ether oxygens (including phenoxy) is 2. The summed E-state index contributed by atoms with van der Waals surface area (Å²) >= 11 is 0. The molecule has 1 amide bonds. The molecule has 2 aromatic carbocycles. The molecule has 0 atom stereocenters. The van der Waals surface area contributed by atoms with Gasteiger partial charge in [-0.3, -0.25) is 9.48 Å². The van der Waals surface area contributed by atoms with Crippen LogP contribution in [-0.2, 0) is 23.1 Å². The molecule has 8 heteroatoms. The fourth-order valence-corrected chi connectivity index (χ4v) is 3.94.